The third kappa shape index (κ3) is 4.10. The third-order valence-corrected chi connectivity index (χ3v) is 7.41. The lowest BCUT2D eigenvalue weighted by Crippen LogP contribution is -2.41. The van der Waals surface area contributed by atoms with Crippen LogP contribution in [-0.4, -0.2) is 50.0 Å². The molecule has 2 aromatic rings. The standard InChI is InChI=1S/C16H21N3O4S2/c1-24(20,21)15-4-6-16(7-5-15)25(22,23)19-9-2-3-14(12-19)11-18-10-8-17-13-18/h4-8,10,13-14H,2-3,9,11-12H2,1H3. The van der Waals surface area contributed by atoms with Gasteiger partial charge in [-0.3, -0.25) is 0 Å². The van der Waals surface area contributed by atoms with E-state index in [0.717, 1.165) is 25.6 Å². The maximum atomic E-state index is 12.9. The van der Waals surface area contributed by atoms with Crippen molar-refractivity contribution in [2.45, 2.75) is 29.2 Å². The Balaban J connectivity index is 1.77. The summed E-state index contributed by atoms with van der Waals surface area (Å²) in [5.74, 6) is 0.230. The summed E-state index contributed by atoms with van der Waals surface area (Å²) in [5, 5.41) is 0. The first-order valence-corrected chi connectivity index (χ1v) is 11.4. The first-order valence-electron chi connectivity index (χ1n) is 8.03. The molecule has 0 aliphatic carbocycles. The van der Waals surface area contributed by atoms with E-state index in [4.69, 9.17) is 0 Å². The minimum absolute atomic E-state index is 0.114. The van der Waals surface area contributed by atoms with Gasteiger partial charge in [0.25, 0.3) is 0 Å². The van der Waals surface area contributed by atoms with Crippen LogP contribution in [0.4, 0.5) is 0 Å². The molecule has 0 saturated carbocycles. The van der Waals surface area contributed by atoms with Crippen LogP contribution in [-0.2, 0) is 26.4 Å². The number of imidazole rings is 1. The predicted octanol–water partition coefficient (Wildman–Crippen LogP) is 1.39. The monoisotopic (exact) mass is 383 g/mol. The summed E-state index contributed by atoms with van der Waals surface area (Å²) in [5.41, 5.74) is 0. The lowest BCUT2D eigenvalue weighted by molar-refractivity contribution is 0.245. The SMILES string of the molecule is CS(=O)(=O)c1ccc(S(=O)(=O)N2CCCC(Cn3ccnc3)C2)cc1. The summed E-state index contributed by atoms with van der Waals surface area (Å²) >= 11 is 0. The zero-order chi connectivity index (χ0) is 18.1. The molecule has 1 aromatic carbocycles. The lowest BCUT2D eigenvalue weighted by atomic mass is 10.00. The van der Waals surface area contributed by atoms with E-state index in [2.05, 4.69) is 4.98 Å². The summed E-state index contributed by atoms with van der Waals surface area (Å²) in [4.78, 5) is 4.25. The average molecular weight is 383 g/mol. The Labute approximate surface area is 148 Å². The van der Waals surface area contributed by atoms with E-state index in [9.17, 15) is 16.8 Å². The van der Waals surface area contributed by atoms with E-state index in [1.807, 2.05) is 10.8 Å². The highest BCUT2D eigenvalue weighted by atomic mass is 32.2. The van der Waals surface area contributed by atoms with Crippen LogP contribution in [0.15, 0.2) is 52.8 Å². The molecule has 0 amide bonds. The molecule has 2 heterocycles. The molecule has 1 fully saturated rings. The van der Waals surface area contributed by atoms with Gasteiger partial charge in [-0.05, 0) is 43.0 Å². The summed E-state index contributed by atoms with van der Waals surface area (Å²) in [6, 6.07) is 5.42. The van der Waals surface area contributed by atoms with Gasteiger partial charge in [0.05, 0.1) is 16.1 Å². The number of aromatic nitrogens is 2. The van der Waals surface area contributed by atoms with Crippen molar-refractivity contribution in [3.05, 3.63) is 43.0 Å². The predicted molar refractivity (Wildman–Crippen MR) is 93.3 cm³/mol. The maximum absolute atomic E-state index is 12.9. The van der Waals surface area contributed by atoms with Crippen molar-refractivity contribution < 1.29 is 16.8 Å². The van der Waals surface area contributed by atoms with Crippen LogP contribution in [0.5, 0.6) is 0 Å². The number of hydrogen-bond acceptors (Lipinski definition) is 5. The Bertz CT molecular complexity index is 920. The molecule has 25 heavy (non-hydrogen) atoms. The van der Waals surface area contributed by atoms with Gasteiger partial charge in [0.2, 0.25) is 10.0 Å². The van der Waals surface area contributed by atoms with Gasteiger partial charge in [0.15, 0.2) is 9.84 Å². The molecule has 9 heteroatoms. The van der Waals surface area contributed by atoms with E-state index in [-0.39, 0.29) is 15.7 Å². The molecule has 1 unspecified atom stereocenters. The van der Waals surface area contributed by atoms with Gasteiger partial charge in [-0.15, -0.1) is 0 Å². The van der Waals surface area contributed by atoms with Crippen LogP contribution in [0.25, 0.3) is 0 Å². The fraction of sp³-hybridized carbons (Fsp3) is 0.438. The van der Waals surface area contributed by atoms with Crippen molar-refractivity contribution in [2.24, 2.45) is 5.92 Å². The number of benzene rings is 1. The molecule has 0 bridgehead atoms. The van der Waals surface area contributed by atoms with Crippen molar-refractivity contribution in [3.8, 4) is 0 Å². The summed E-state index contributed by atoms with van der Waals surface area (Å²) < 4.78 is 52.2. The quantitative estimate of drug-likeness (QED) is 0.778. The van der Waals surface area contributed by atoms with Crippen molar-refractivity contribution in [2.75, 3.05) is 19.3 Å². The molecule has 1 atom stereocenters. The number of sulfone groups is 1. The van der Waals surface area contributed by atoms with Gasteiger partial charge in [-0.25, -0.2) is 21.8 Å². The first kappa shape index (κ1) is 18.1. The Kier molecular flexibility index (Phi) is 4.99. The second-order valence-corrected chi connectivity index (χ2v) is 10.3. The highest BCUT2D eigenvalue weighted by Gasteiger charge is 2.30. The normalized spacial score (nSPS) is 19.8. The van der Waals surface area contributed by atoms with Crippen molar-refractivity contribution in [1.82, 2.24) is 13.9 Å². The van der Waals surface area contributed by atoms with Gasteiger partial charge in [0.1, 0.15) is 0 Å². The minimum atomic E-state index is -3.62. The van der Waals surface area contributed by atoms with E-state index >= 15 is 0 Å². The summed E-state index contributed by atoms with van der Waals surface area (Å²) in [7, 11) is -6.97. The van der Waals surface area contributed by atoms with Gasteiger partial charge in [-0.2, -0.15) is 4.31 Å². The minimum Gasteiger partial charge on any atom is -0.337 e. The molecule has 0 N–H and O–H groups in total. The molecule has 1 aromatic heterocycles. The van der Waals surface area contributed by atoms with Crippen molar-refractivity contribution >= 4 is 19.9 Å². The van der Waals surface area contributed by atoms with E-state index in [0.29, 0.717) is 13.1 Å². The van der Waals surface area contributed by atoms with Crippen molar-refractivity contribution in [1.29, 1.82) is 0 Å². The fourth-order valence-electron chi connectivity index (χ4n) is 3.09. The zero-order valence-electron chi connectivity index (χ0n) is 13.9. The van der Waals surface area contributed by atoms with Crippen LogP contribution in [0.3, 0.4) is 0 Å². The molecular formula is C16H21N3O4S2. The molecule has 1 saturated heterocycles. The molecule has 0 radical (unpaired) electrons. The van der Waals surface area contributed by atoms with Crippen molar-refractivity contribution in [3.63, 3.8) is 0 Å². The van der Waals surface area contributed by atoms with E-state index < -0.39 is 19.9 Å². The van der Waals surface area contributed by atoms with E-state index in [1.165, 1.54) is 28.6 Å². The Hall–Kier alpha value is -1.71. The Morgan fingerprint density at radius 1 is 1.12 bits per heavy atom. The van der Waals surface area contributed by atoms with Crippen LogP contribution < -0.4 is 0 Å². The second-order valence-electron chi connectivity index (χ2n) is 6.37. The number of sulfonamides is 1. The highest BCUT2D eigenvalue weighted by molar-refractivity contribution is 7.90. The summed E-state index contributed by atoms with van der Waals surface area (Å²) in [6.45, 7) is 1.67. The third-order valence-electron chi connectivity index (χ3n) is 4.40. The number of nitrogens with zero attached hydrogens (tertiary/aromatic N) is 3. The summed E-state index contributed by atoms with van der Waals surface area (Å²) in [6.07, 6.45) is 8.19. The number of hydrogen-bond donors (Lipinski definition) is 0. The molecule has 3 rings (SSSR count). The molecular weight excluding hydrogens is 362 g/mol. The zero-order valence-corrected chi connectivity index (χ0v) is 15.6. The van der Waals surface area contributed by atoms with Crippen LogP contribution in [0, 0.1) is 5.92 Å². The maximum Gasteiger partial charge on any atom is 0.243 e. The largest absolute Gasteiger partial charge is 0.337 e. The molecule has 1 aliphatic heterocycles. The van der Waals surface area contributed by atoms with Gasteiger partial charge < -0.3 is 4.57 Å². The van der Waals surface area contributed by atoms with E-state index in [1.54, 1.807) is 12.5 Å². The average Bonchev–Trinajstić information content (AvgIpc) is 3.07. The molecule has 1 aliphatic rings. The molecule has 7 nitrogen and oxygen atoms in total. The van der Waals surface area contributed by atoms with Gasteiger partial charge in [-0.1, -0.05) is 0 Å². The first-order chi connectivity index (χ1) is 11.8. The van der Waals surface area contributed by atoms with Crippen LogP contribution >= 0.6 is 0 Å². The Morgan fingerprint density at radius 2 is 1.80 bits per heavy atom. The van der Waals surface area contributed by atoms with Gasteiger partial charge in [0, 0.05) is 38.3 Å². The second kappa shape index (κ2) is 6.89. The smallest absolute Gasteiger partial charge is 0.243 e. The molecule has 0 spiro atoms. The van der Waals surface area contributed by atoms with Gasteiger partial charge >= 0.3 is 0 Å². The molecule has 136 valence electrons. The fourth-order valence-corrected chi connectivity index (χ4v) is 5.28. The lowest BCUT2D eigenvalue weighted by Gasteiger charge is -2.32. The number of rotatable bonds is 5. The van der Waals surface area contributed by atoms with Crippen LogP contribution in [0.1, 0.15) is 12.8 Å². The topological polar surface area (TPSA) is 89.3 Å². The number of piperidine rings is 1. The highest BCUT2D eigenvalue weighted by Crippen LogP contribution is 2.25. The Morgan fingerprint density at radius 3 is 2.40 bits per heavy atom. The van der Waals surface area contributed by atoms with Crippen LogP contribution in [0.2, 0.25) is 0 Å².